The van der Waals surface area contributed by atoms with Crippen LogP contribution in [0.2, 0.25) is 0 Å². The quantitative estimate of drug-likeness (QED) is 0.877. The Morgan fingerprint density at radius 3 is 2.88 bits per heavy atom. The molecule has 17 heavy (non-hydrogen) atoms. The van der Waals surface area contributed by atoms with Gasteiger partial charge < -0.3 is 10.0 Å². The fraction of sp³-hybridized carbons (Fsp3) is 0.462. The molecule has 0 spiro atoms. The number of anilines is 1. The molecule has 0 bridgehead atoms. The molecule has 1 N–H and O–H groups in total. The number of hydrogen-bond donors (Lipinski definition) is 1. The number of hydrogen-bond acceptors (Lipinski definition) is 3. The van der Waals surface area contributed by atoms with Crippen LogP contribution in [0.3, 0.4) is 0 Å². The first kappa shape index (κ1) is 12.3. The molecule has 1 heterocycles. The van der Waals surface area contributed by atoms with Crippen LogP contribution in [0.5, 0.6) is 0 Å². The minimum atomic E-state index is -0.847. The summed E-state index contributed by atoms with van der Waals surface area (Å²) in [5.74, 6) is 1.53. The second kappa shape index (κ2) is 5.45. The van der Waals surface area contributed by atoms with E-state index in [9.17, 15) is 4.79 Å². The zero-order valence-electron chi connectivity index (χ0n) is 9.98. The van der Waals surface area contributed by atoms with Gasteiger partial charge >= 0.3 is 5.97 Å². The molecule has 0 saturated carbocycles. The van der Waals surface area contributed by atoms with E-state index in [0.717, 1.165) is 30.1 Å². The number of benzene rings is 1. The highest BCUT2D eigenvalue weighted by atomic mass is 32.2. The lowest BCUT2D eigenvalue weighted by Gasteiger charge is -2.23. The number of carbonyl (C=O) groups is 1. The molecule has 1 aliphatic rings. The molecule has 92 valence electrons. The van der Waals surface area contributed by atoms with Crippen LogP contribution in [0.1, 0.15) is 22.3 Å². The van der Waals surface area contributed by atoms with Gasteiger partial charge in [-0.2, -0.15) is 11.8 Å². The standard InChI is InChI=1S/C13H17NO2S/c1-10-9-11(3-4-12(10)13(15)16)14-5-2-7-17-8-6-14/h3-4,9H,2,5-8H2,1H3,(H,15,16). The molecule has 1 aromatic carbocycles. The van der Waals surface area contributed by atoms with Gasteiger partial charge in [0.15, 0.2) is 0 Å². The van der Waals surface area contributed by atoms with Crippen LogP contribution in [0.15, 0.2) is 18.2 Å². The summed E-state index contributed by atoms with van der Waals surface area (Å²) in [7, 11) is 0. The van der Waals surface area contributed by atoms with E-state index < -0.39 is 5.97 Å². The van der Waals surface area contributed by atoms with Crippen molar-refractivity contribution in [1.29, 1.82) is 0 Å². The Kier molecular flexibility index (Phi) is 3.94. The summed E-state index contributed by atoms with van der Waals surface area (Å²) in [6, 6.07) is 5.62. The maximum Gasteiger partial charge on any atom is 0.335 e. The molecule has 1 aliphatic heterocycles. The number of rotatable bonds is 2. The topological polar surface area (TPSA) is 40.5 Å². The molecule has 0 amide bonds. The first-order chi connectivity index (χ1) is 8.18. The summed E-state index contributed by atoms with van der Waals surface area (Å²) >= 11 is 1.99. The highest BCUT2D eigenvalue weighted by molar-refractivity contribution is 7.99. The van der Waals surface area contributed by atoms with Crippen molar-refractivity contribution in [2.75, 3.05) is 29.5 Å². The smallest absolute Gasteiger partial charge is 0.335 e. The van der Waals surface area contributed by atoms with E-state index in [0.29, 0.717) is 5.56 Å². The van der Waals surface area contributed by atoms with Crippen molar-refractivity contribution < 1.29 is 9.90 Å². The molecule has 1 fully saturated rings. The molecule has 2 rings (SSSR count). The predicted molar refractivity (Wildman–Crippen MR) is 72.3 cm³/mol. The lowest BCUT2D eigenvalue weighted by atomic mass is 10.1. The number of carboxylic acid groups (broad SMARTS) is 1. The molecule has 1 saturated heterocycles. The van der Waals surface area contributed by atoms with Crippen molar-refractivity contribution in [1.82, 2.24) is 0 Å². The maximum atomic E-state index is 10.9. The minimum absolute atomic E-state index is 0.401. The van der Waals surface area contributed by atoms with E-state index >= 15 is 0 Å². The average molecular weight is 251 g/mol. The van der Waals surface area contributed by atoms with Crippen LogP contribution in [0.25, 0.3) is 0 Å². The Labute approximate surface area is 106 Å². The van der Waals surface area contributed by atoms with Gasteiger partial charge in [-0.15, -0.1) is 0 Å². The van der Waals surface area contributed by atoms with E-state index in [1.165, 1.54) is 12.2 Å². The molecular weight excluding hydrogens is 234 g/mol. The normalized spacial score (nSPS) is 16.6. The molecule has 0 aliphatic carbocycles. The SMILES string of the molecule is Cc1cc(N2CCCSCC2)ccc1C(=O)O. The van der Waals surface area contributed by atoms with E-state index in [-0.39, 0.29) is 0 Å². The van der Waals surface area contributed by atoms with Crippen LogP contribution >= 0.6 is 11.8 Å². The summed E-state index contributed by atoms with van der Waals surface area (Å²) in [6.07, 6.45) is 1.20. The molecule has 4 heteroatoms. The number of carboxylic acids is 1. The second-order valence-electron chi connectivity index (χ2n) is 4.26. The van der Waals surface area contributed by atoms with Gasteiger partial charge in [0.2, 0.25) is 0 Å². The summed E-state index contributed by atoms with van der Waals surface area (Å²) in [5.41, 5.74) is 2.39. The fourth-order valence-corrected chi connectivity index (χ4v) is 2.98. The Hall–Kier alpha value is -1.16. The maximum absolute atomic E-state index is 10.9. The van der Waals surface area contributed by atoms with Gasteiger partial charge in [0.05, 0.1) is 5.56 Å². The van der Waals surface area contributed by atoms with Gasteiger partial charge in [0.1, 0.15) is 0 Å². The largest absolute Gasteiger partial charge is 0.478 e. The molecule has 0 radical (unpaired) electrons. The number of aryl methyl sites for hydroxylation is 1. The third-order valence-corrected chi connectivity index (χ3v) is 4.08. The molecule has 0 atom stereocenters. The highest BCUT2D eigenvalue weighted by Gasteiger charge is 2.12. The minimum Gasteiger partial charge on any atom is -0.478 e. The first-order valence-corrected chi connectivity index (χ1v) is 7.00. The lowest BCUT2D eigenvalue weighted by molar-refractivity contribution is 0.0696. The summed E-state index contributed by atoms with van der Waals surface area (Å²) in [5, 5.41) is 8.99. The van der Waals surface area contributed by atoms with E-state index in [1.807, 2.05) is 30.8 Å². The zero-order valence-corrected chi connectivity index (χ0v) is 10.8. The number of thioether (sulfide) groups is 1. The first-order valence-electron chi connectivity index (χ1n) is 5.85. The molecule has 0 aromatic heterocycles. The zero-order chi connectivity index (χ0) is 12.3. The van der Waals surface area contributed by atoms with Crippen LogP contribution in [-0.4, -0.2) is 35.7 Å². The fourth-order valence-electron chi connectivity index (χ4n) is 2.09. The van der Waals surface area contributed by atoms with Gasteiger partial charge in [-0.1, -0.05) is 0 Å². The Morgan fingerprint density at radius 2 is 2.18 bits per heavy atom. The third-order valence-electron chi connectivity index (χ3n) is 3.03. The monoisotopic (exact) mass is 251 g/mol. The molecular formula is C13H17NO2S. The van der Waals surface area contributed by atoms with Gasteiger partial charge in [-0.05, 0) is 42.9 Å². The van der Waals surface area contributed by atoms with Gasteiger partial charge in [0.25, 0.3) is 0 Å². The van der Waals surface area contributed by atoms with Crippen molar-refractivity contribution in [2.24, 2.45) is 0 Å². The van der Waals surface area contributed by atoms with Crippen LogP contribution in [0.4, 0.5) is 5.69 Å². The van der Waals surface area contributed by atoms with Gasteiger partial charge in [-0.3, -0.25) is 0 Å². The predicted octanol–water partition coefficient (Wildman–Crippen LogP) is 2.64. The number of aromatic carboxylic acids is 1. The molecule has 3 nitrogen and oxygen atoms in total. The average Bonchev–Trinajstić information content (AvgIpc) is 2.56. The Bertz CT molecular complexity index is 412. The number of nitrogens with zero attached hydrogens (tertiary/aromatic N) is 1. The van der Waals surface area contributed by atoms with E-state index in [1.54, 1.807) is 6.07 Å². The van der Waals surface area contributed by atoms with Crippen molar-refractivity contribution >= 4 is 23.4 Å². The summed E-state index contributed by atoms with van der Waals surface area (Å²) in [6.45, 7) is 3.98. The van der Waals surface area contributed by atoms with Crippen molar-refractivity contribution in [3.8, 4) is 0 Å². The Morgan fingerprint density at radius 1 is 1.35 bits per heavy atom. The second-order valence-corrected chi connectivity index (χ2v) is 5.48. The molecule has 0 unspecified atom stereocenters. The Balaban J connectivity index is 2.21. The highest BCUT2D eigenvalue weighted by Crippen LogP contribution is 2.22. The van der Waals surface area contributed by atoms with Crippen molar-refractivity contribution in [3.63, 3.8) is 0 Å². The van der Waals surface area contributed by atoms with Gasteiger partial charge in [0, 0.05) is 24.5 Å². The van der Waals surface area contributed by atoms with Gasteiger partial charge in [-0.25, -0.2) is 4.79 Å². The lowest BCUT2D eigenvalue weighted by Crippen LogP contribution is -2.25. The van der Waals surface area contributed by atoms with Crippen molar-refractivity contribution in [3.05, 3.63) is 29.3 Å². The van der Waals surface area contributed by atoms with E-state index in [4.69, 9.17) is 5.11 Å². The van der Waals surface area contributed by atoms with Crippen LogP contribution < -0.4 is 4.90 Å². The van der Waals surface area contributed by atoms with Crippen molar-refractivity contribution in [2.45, 2.75) is 13.3 Å². The van der Waals surface area contributed by atoms with Crippen LogP contribution in [-0.2, 0) is 0 Å². The third kappa shape index (κ3) is 2.94. The summed E-state index contributed by atoms with van der Waals surface area (Å²) < 4.78 is 0. The van der Waals surface area contributed by atoms with E-state index in [2.05, 4.69) is 4.90 Å². The van der Waals surface area contributed by atoms with Crippen LogP contribution in [0, 0.1) is 6.92 Å². The summed E-state index contributed by atoms with van der Waals surface area (Å²) in [4.78, 5) is 13.3. The molecule has 1 aromatic rings.